The second kappa shape index (κ2) is 12.8. The lowest BCUT2D eigenvalue weighted by Crippen LogP contribution is -2.48. The number of unbranched alkanes of at least 4 members (excludes halogenated alkanes) is 1. The van der Waals surface area contributed by atoms with Gasteiger partial charge in [0, 0.05) is 23.3 Å². The highest BCUT2D eigenvalue weighted by Crippen LogP contribution is 2.18. The van der Waals surface area contributed by atoms with Crippen molar-refractivity contribution in [1.29, 1.82) is 0 Å². The Labute approximate surface area is 192 Å². The molecule has 0 aliphatic rings. The topological polar surface area (TPSA) is 49.4 Å². The summed E-state index contributed by atoms with van der Waals surface area (Å²) in [4.78, 5) is 27.4. The first-order valence-electron chi connectivity index (χ1n) is 10.4. The Hall–Kier alpha value is -1.79. The molecule has 2 rings (SSSR count). The molecule has 4 nitrogen and oxygen atoms in total. The Bertz CT molecular complexity index is 809. The molecule has 162 valence electrons. The van der Waals surface area contributed by atoms with E-state index in [2.05, 4.69) is 59.4 Å². The summed E-state index contributed by atoms with van der Waals surface area (Å²) in [5.74, 6) is 0.997. The van der Waals surface area contributed by atoms with Crippen LogP contribution in [0.2, 0.25) is 0 Å². The minimum atomic E-state index is -0.516. The molecular weight excluding hydrogens is 460 g/mol. The third-order valence-electron chi connectivity index (χ3n) is 4.88. The summed E-state index contributed by atoms with van der Waals surface area (Å²) in [5, 5.41) is 2.95. The number of benzene rings is 2. The molecule has 30 heavy (non-hydrogen) atoms. The first kappa shape index (κ1) is 24.5. The van der Waals surface area contributed by atoms with Crippen LogP contribution >= 0.6 is 27.7 Å². The van der Waals surface area contributed by atoms with Crippen molar-refractivity contribution in [3.63, 3.8) is 0 Å². The van der Waals surface area contributed by atoms with Gasteiger partial charge in [0.05, 0.1) is 5.75 Å². The smallest absolute Gasteiger partial charge is 0.242 e. The molecule has 0 saturated heterocycles. The molecular formula is C24H31BrN2O2S. The average molecular weight is 491 g/mol. The van der Waals surface area contributed by atoms with Gasteiger partial charge in [0.2, 0.25) is 11.8 Å². The summed E-state index contributed by atoms with van der Waals surface area (Å²) in [7, 11) is 0. The van der Waals surface area contributed by atoms with Gasteiger partial charge in [-0.2, -0.15) is 0 Å². The number of thioether (sulfide) groups is 1. The highest BCUT2D eigenvalue weighted by atomic mass is 79.9. The van der Waals surface area contributed by atoms with Crippen molar-refractivity contribution in [2.75, 3.05) is 12.3 Å². The molecule has 0 fully saturated rings. The number of carbonyl (C=O) groups is 2. The third-order valence-corrected chi connectivity index (χ3v) is 6.40. The van der Waals surface area contributed by atoms with Crippen LogP contribution in [0.25, 0.3) is 0 Å². The molecule has 0 bridgehead atoms. The summed E-state index contributed by atoms with van der Waals surface area (Å²) in [6.07, 6.45) is 1.96. The van der Waals surface area contributed by atoms with Gasteiger partial charge >= 0.3 is 0 Å². The maximum absolute atomic E-state index is 13.1. The summed E-state index contributed by atoms with van der Waals surface area (Å²) in [6, 6.07) is 15.7. The van der Waals surface area contributed by atoms with Gasteiger partial charge < -0.3 is 10.2 Å². The Kier molecular flexibility index (Phi) is 10.4. The van der Waals surface area contributed by atoms with E-state index in [1.54, 1.807) is 16.7 Å². The van der Waals surface area contributed by atoms with Crippen molar-refractivity contribution in [3.05, 3.63) is 69.7 Å². The molecule has 0 spiro atoms. The Morgan fingerprint density at radius 1 is 1.07 bits per heavy atom. The second-order valence-corrected chi connectivity index (χ2v) is 9.35. The van der Waals surface area contributed by atoms with Gasteiger partial charge in [-0.25, -0.2) is 0 Å². The first-order valence-corrected chi connectivity index (χ1v) is 12.3. The normalized spacial score (nSPS) is 11.7. The van der Waals surface area contributed by atoms with Crippen LogP contribution in [-0.4, -0.2) is 35.1 Å². The number of halogens is 1. The number of amides is 2. The predicted molar refractivity (Wildman–Crippen MR) is 129 cm³/mol. The van der Waals surface area contributed by atoms with E-state index in [4.69, 9.17) is 0 Å². The van der Waals surface area contributed by atoms with E-state index >= 15 is 0 Å². The van der Waals surface area contributed by atoms with Crippen LogP contribution in [0.5, 0.6) is 0 Å². The van der Waals surface area contributed by atoms with Crippen molar-refractivity contribution >= 4 is 39.5 Å². The molecule has 1 atom stereocenters. The zero-order chi connectivity index (χ0) is 21.9. The van der Waals surface area contributed by atoms with Crippen molar-refractivity contribution in [3.8, 4) is 0 Å². The Morgan fingerprint density at radius 3 is 2.33 bits per heavy atom. The van der Waals surface area contributed by atoms with Gasteiger partial charge in [-0.1, -0.05) is 71.2 Å². The molecule has 0 aliphatic carbocycles. The number of nitrogens with zero attached hydrogens (tertiary/aromatic N) is 1. The summed E-state index contributed by atoms with van der Waals surface area (Å²) in [6.45, 7) is 7.02. The first-order chi connectivity index (χ1) is 14.4. The number of hydrogen-bond acceptors (Lipinski definition) is 3. The largest absolute Gasteiger partial charge is 0.354 e. The molecule has 6 heteroatoms. The molecule has 1 N–H and O–H groups in total. The highest BCUT2D eigenvalue weighted by Gasteiger charge is 2.25. The van der Waals surface area contributed by atoms with Crippen LogP contribution in [0.3, 0.4) is 0 Å². The van der Waals surface area contributed by atoms with Crippen molar-refractivity contribution in [2.24, 2.45) is 0 Å². The van der Waals surface area contributed by atoms with Gasteiger partial charge in [0.25, 0.3) is 0 Å². The third kappa shape index (κ3) is 8.15. The van der Waals surface area contributed by atoms with E-state index in [1.165, 1.54) is 11.1 Å². The van der Waals surface area contributed by atoms with Crippen LogP contribution < -0.4 is 5.32 Å². The molecule has 0 heterocycles. The van der Waals surface area contributed by atoms with Crippen molar-refractivity contribution in [2.45, 2.75) is 52.0 Å². The molecule has 0 saturated carbocycles. The summed E-state index contributed by atoms with van der Waals surface area (Å²) < 4.78 is 0.989. The standard InChI is InChI=1S/C24H31BrN2O2S/c1-4-5-14-26-24(29)19(3)27(15-20-10-12-22(25)13-11-20)23(28)17-30-16-21-8-6-18(2)7-9-21/h6-13,19H,4-5,14-17H2,1-3H3,(H,26,29)/t19-/m1/s1. The van der Waals surface area contributed by atoms with Gasteiger partial charge in [-0.3, -0.25) is 9.59 Å². The molecule has 2 aromatic carbocycles. The molecule has 2 amide bonds. The van der Waals surface area contributed by atoms with Crippen LogP contribution in [0.1, 0.15) is 43.4 Å². The number of rotatable bonds is 11. The summed E-state index contributed by atoms with van der Waals surface area (Å²) in [5.41, 5.74) is 3.43. The quantitative estimate of drug-likeness (QED) is 0.433. The van der Waals surface area contributed by atoms with Crippen LogP contribution in [0, 0.1) is 6.92 Å². The van der Waals surface area contributed by atoms with Crippen molar-refractivity contribution < 1.29 is 9.59 Å². The fourth-order valence-electron chi connectivity index (χ4n) is 2.93. The van der Waals surface area contributed by atoms with Crippen LogP contribution in [0.4, 0.5) is 0 Å². The molecule has 2 aromatic rings. The van der Waals surface area contributed by atoms with E-state index in [9.17, 15) is 9.59 Å². The predicted octanol–water partition coefficient (Wildman–Crippen LogP) is 5.32. The van der Waals surface area contributed by atoms with Gasteiger partial charge in [-0.05, 0) is 43.5 Å². The Morgan fingerprint density at radius 2 is 1.70 bits per heavy atom. The van der Waals surface area contributed by atoms with Gasteiger partial charge in [0.15, 0.2) is 0 Å². The Balaban J connectivity index is 2.02. The fourth-order valence-corrected chi connectivity index (χ4v) is 4.06. The SMILES string of the molecule is CCCCNC(=O)[C@@H](C)N(Cc1ccc(Br)cc1)C(=O)CSCc1ccc(C)cc1. The number of aryl methyl sites for hydroxylation is 1. The minimum Gasteiger partial charge on any atom is -0.354 e. The van der Waals surface area contributed by atoms with E-state index in [1.807, 2.05) is 31.2 Å². The van der Waals surface area contributed by atoms with E-state index < -0.39 is 6.04 Å². The minimum absolute atomic E-state index is 0.0202. The highest BCUT2D eigenvalue weighted by molar-refractivity contribution is 9.10. The maximum atomic E-state index is 13.1. The summed E-state index contributed by atoms with van der Waals surface area (Å²) >= 11 is 5.02. The monoisotopic (exact) mass is 490 g/mol. The number of nitrogens with one attached hydrogen (secondary N) is 1. The molecule has 0 aromatic heterocycles. The number of hydrogen-bond donors (Lipinski definition) is 1. The lowest BCUT2D eigenvalue weighted by Gasteiger charge is -2.29. The zero-order valence-electron chi connectivity index (χ0n) is 18.0. The van der Waals surface area contributed by atoms with Crippen LogP contribution in [0.15, 0.2) is 53.0 Å². The number of carbonyl (C=O) groups excluding carboxylic acids is 2. The van der Waals surface area contributed by atoms with Crippen LogP contribution in [-0.2, 0) is 21.9 Å². The molecule has 0 radical (unpaired) electrons. The fraction of sp³-hybridized carbons (Fsp3) is 0.417. The second-order valence-electron chi connectivity index (χ2n) is 7.45. The van der Waals surface area contributed by atoms with Gasteiger partial charge in [0.1, 0.15) is 6.04 Å². The lowest BCUT2D eigenvalue weighted by molar-refractivity contribution is -0.138. The zero-order valence-corrected chi connectivity index (χ0v) is 20.4. The molecule has 0 unspecified atom stereocenters. The van der Waals surface area contributed by atoms with Gasteiger partial charge in [-0.15, -0.1) is 11.8 Å². The average Bonchev–Trinajstić information content (AvgIpc) is 2.74. The van der Waals surface area contributed by atoms with E-state index in [-0.39, 0.29) is 11.8 Å². The molecule has 0 aliphatic heterocycles. The lowest BCUT2D eigenvalue weighted by atomic mass is 10.1. The van der Waals surface area contributed by atoms with E-state index in [0.29, 0.717) is 18.8 Å². The maximum Gasteiger partial charge on any atom is 0.242 e. The van der Waals surface area contributed by atoms with E-state index in [0.717, 1.165) is 28.6 Å². The van der Waals surface area contributed by atoms with Crippen molar-refractivity contribution in [1.82, 2.24) is 10.2 Å².